The first-order valence-corrected chi connectivity index (χ1v) is 6.56. The fraction of sp³-hybridized carbons (Fsp3) is 0.375. The van der Waals surface area contributed by atoms with Crippen LogP contribution in [0, 0.1) is 0 Å². The standard InChI is InChI=1S/C16H18O/c1-2-3-11-17-15-10-9-13-8-7-12-5-4-6-14(15)16(12)13/h4-6,9-10H,2-3,7-8,11H2,1H3. The average molecular weight is 226 g/mol. The highest BCUT2D eigenvalue weighted by atomic mass is 16.5. The van der Waals surface area contributed by atoms with Gasteiger partial charge in [-0.1, -0.05) is 37.6 Å². The van der Waals surface area contributed by atoms with Gasteiger partial charge in [-0.2, -0.15) is 0 Å². The molecule has 0 amide bonds. The van der Waals surface area contributed by atoms with Crippen molar-refractivity contribution in [2.75, 3.05) is 6.61 Å². The molecule has 2 aromatic carbocycles. The summed E-state index contributed by atoms with van der Waals surface area (Å²) in [5.41, 5.74) is 2.97. The zero-order valence-electron chi connectivity index (χ0n) is 10.3. The molecule has 1 heteroatoms. The van der Waals surface area contributed by atoms with Crippen LogP contribution in [0.3, 0.4) is 0 Å². The number of unbranched alkanes of at least 4 members (excludes halogenated alkanes) is 1. The van der Waals surface area contributed by atoms with E-state index in [1.165, 1.54) is 41.2 Å². The molecule has 0 fully saturated rings. The number of benzene rings is 2. The van der Waals surface area contributed by atoms with E-state index in [9.17, 15) is 0 Å². The van der Waals surface area contributed by atoms with Gasteiger partial charge >= 0.3 is 0 Å². The second kappa shape index (κ2) is 4.40. The second-order valence-electron chi connectivity index (χ2n) is 4.76. The Kier molecular flexibility index (Phi) is 2.76. The lowest BCUT2D eigenvalue weighted by molar-refractivity contribution is 0.313. The van der Waals surface area contributed by atoms with Crippen LogP contribution in [0.4, 0.5) is 0 Å². The largest absolute Gasteiger partial charge is 0.493 e. The Morgan fingerprint density at radius 1 is 1.06 bits per heavy atom. The topological polar surface area (TPSA) is 9.23 Å². The molecule has 0 aromatic heterocycles. The van der Waals surface area contributed by atoms with Crippen molar-refractivity contribution < 1.29 is 4.74 Å². The van der Waals surface area contributed by atoms with Crippen LogP contribution in [0.2, 0.25) is 0 Å². The summed E-state index contributed by atoms with van der Waals surface area (Å²) in [6, 6.07) is 11.0. The molecule has 88 valence electrons. The first kappa shape index (κ1) is 10.6. The molecule has 17 heavy (non-hydrogen) atoms. The quantitative estimate of drug-likeness (QED) is 0.713. The van der Waals surface area contributed by atoms with Gasteiger partial charge in [-0.15, -0.1) is 0 Å². The maximum absolute atomic E-state index is 5.90. The van der Waals surface area contributed by atoms with Crippen LogP contribution in [0.15, 0.2) is 30.3 Å². The van der Waals surface area contributed by atoms with Crippen LogP contribution in [0.1, 0.15) is 30.9 Å². The van der Waals surface area contributed by atoms with E-state index in [2.05, 4.69) is 37.3 Å². The summed E-state index contributed by atoms with van der Waals surface area (Å²) in [6.07, 6.45) is 4.68. The Morgan fingerprint density at radius 2 is 1.88 bits per heavy atom. The summed E-state index contributed by atoms with van der Waals surface area (Å²) in [6.45, 7) is 3.02. The normalized spacial score (nSPS) is 13.2. The van der Waals surface area contributed by atoms with Gasteiger partial charge in [0.15, 0.2) is 0 Å². The molecule has 1 nitrogen and oxygen atoms in total. The minimum Gasteiger partial charge on any atom is -0.493 e. The Morgan fingerprint density at radius 3 is 2.71 bits per heavy atom. The third kappa shape index (κ3) is 1.80. The summed E-state index contributed by atoms with van der Waals surface area (Å²) in [5.74, 6) is 1.06. The molecule has 0 saturated carbocycles. The van der Waals surface area contributed by atoms with Crippen molar-refractivity contribution >= 4 is 10.8 Å². The van der Waals surface area contributed by atoms with Crippen LogP contribution in [0.5, 0.6) is 5.75 Å². The van der Waals surface area contributed by atoms with Crippen molar-refractivity contribution in [1.29, 1.82) is 0 Å². The predicted molar refractivity (Wildman–Crippen MR) is 71.8 cm³/mol. The van der Waals surface area contributed by atoms with E-state index >= 15 is 0 Å². The van der Waals surface area contributed by atoms with E-state index < -0.39 is 0 Å². The highest BCUT2D eigenvalue weighted by molar-refractivity contribution is 5.95. The molecule has 0 N–H and O–H groups in total. The summed E-state index contributed by atoms with van der Waals surface area (Å²) in [5, 5.41) is 2.75. The lowest BCUT2D eigenvalue weighted by Gasteiger charge is -2.10. The highest BCUT2D eigenvalue weighted by Gasteiger charge is 2.15. The van der Waals surface area contributed by atoms with Gasteiger partial charge in [-0.25, -0.2) is 0 Å². The average Bonchev–Trinajstić information content (AvgIpc) is 2.78. The maximum Gasteiger partial charge on any atom is 0.127 e. The van der Waals surface area contributed by atoms with Crippen molar-refractivity contribution in [1.82, 2.24) is 0 Å². The first-order chi connectivity index (χ1) is 8.40. The van der Waals surface area contributed by atoms with E-state index in [0.29, 0.717) is 0 Å². The van der Waals surface area contributed by atoms with E-state index in [4.69, 9.17) is 4.74 Å². The Hall–Kier alpha value is -1.50. The van der Waals surface area contributed by atoms with Gasteiger partial charge in [0, 0.05) is 5.39 Å². The van der Waals surface area contributed by atoms with E-state index in [1.54, 1.807) is 0 Å². The number of hydrogen-bond donors (Lipinski definition) is 0. The number of rotatable bonds is 4. The van der Waals surface area contributed by atoms with Crippen LogP contribution in [-0.4, -0.2) is 6.61 Å². The molecule has 0 atom stereocenters. The van der Waals surface area contributed by atoms with Crippen molar-refractivity contribution in [3.05, 3.63) is 41.5 Å². The maximum atomic E-state index is 5.90. The van der Waals surface area contributed by atoms with Crippen molar-refractivity contribution in [2.45, 2.75) is 32.6 Å². The summed E-state index contributed by atoms with van der Waals surface area (Å²) >= 11 is 0. The SMILES string of the molecule is CCCCOc1ccc2c3c(cccc13)CC2. The van der Waals surface area contributed by atoms with E-state index in [-0.39, 0.29) is 0 Å². The van der Waals surface area contributed by atoms with Crippen molar-refractivity contribution in [3.63, 3.8) is 0 Å². The first-order valence-electron chi connectivity index (χ1n) is 6.56. The van der Waals surface area contributed by atoms with Gasteiger partial charge in [0.2, 0.25) is 0 Å². The zero-order chi connectivity index (χ0) is 11.7. The fourth-order valence-corrected chi connectivity index (χ4v) is 2.67. The molecular formula is C16H18O. The number of aryl methyl sites for hydroxylation is 2. The fourth-order valence-electron chi connectivity index (χ4n) is 2.67. The Bertz CT molecular complexity index is 532. The summed E-state index contributed by atoms with van der Waals surface area (Å²) < 4.78 is 5.90. The zero-order valence-corrected chi connectivity index (χ0v) is 10.3. The smallest absolute Gasteiger partial charge is 0.127 e. The molecule has 1 aliphatic rings. The summed E-state index contributed by atoms with van der Waals surface area (Å²) in [7, 11) is 0. The lowest BCUT2D eigenvalue weighted by Crippen LogP contribution is -1.97. The second-order valence-corrected chi connectivity index (χ2v) is 4.76. The van der Waals surface area contributed by atoms with Gasteiger partial charge in [0.25, 0.3) is 0 Å². The monoisotopic (exact) mass is 226 g/mol. The molecule has 0 spiro atoms. The van der Waals surface area contributed by atoms with Gasteiger partial charge in [-0.05, 0) is 41.8 Å². The third-order valence-corrected chi connectivity index (χ3v) is 3.59. The Balaban J connectivity index is 2.03. The van der Waals surface area contributed by atoms with Crippen molar-refractivity contribution in [2.24, 2.45) is 0 Å². The Labute approximate surface area is 102 Å². The molecule has 0 aliphatic heterocycles. The molecule has 0 radical (unpaired) electrons. The van der Waals surface area contributed by atoms with Crippen LogP contribution < -0.4 is 4.74 Å². The molecule has 2 aromatic rings. The molecule has 0 bridgehead atoms. The van der Waals surface area contributed by atoms with Crippen LogP contribution >= 0.6 is 0 Å². The molecule has 3 rings (SSSR count). The third-order valence-electron chi connectivity index (χ3n) is 3.59. The van der Waals surface area contributed by atoms with Crippen molar-refractivity contribution in [3.8, 4) is 5.75 Å². The van der Waals surface area contributed by atoms with Gasteiger partial charge in [0.1, 0.15) is 5.75 Å². The van der Waals surface area contributed by atoms with E-state index in [0.717, 1.165) is 18.8 Å². The van der Waals surface area contributed by atoms with Gasteiger partial charge < -0.3 is 4.74 Å². The number of hydrogen-bond acceptors (Lipinski definition) is 1. The number of ether oxygens (including phenoxy) is 1. The minimum absolute atomic E-state index is 0.829. The molecule has 0 heterocycles. The molecule has 1 aliphatic carbocycles. The predicted octanol–water partition coefficient (Wildman–Crippen LogP) is 4.12. The van der Waals surface area contributed by atoms with Gasteiger partial charge in [-0.3, -0.25) is 0 Å². The van der Waals surface area contributed by atoms with Gasteiger partial charge in [0.05, 0.1) is 6.61 Å². The van der Waals surface area contributed by atoms with Crippen LogP contribution in [0.25, 0.3) is 10.8 Å². The molecule has 0 saturated heterocycles. The van der Waals surface area contributed by atoms with Crippen LogP contribution in [-0.2, 0) is 12.8 Å². The van der Waals surface area contributed by atoms with E-state index in [1.807, 2.05) is 0 Å². The highest BCUT2D eigenvalue weighted by Crippen LogP contribution is 2.36. The molecule has 0 unspecified atom stereocenters. The summed E-state index contributed by atoms with van der Waals surface area (Å²) in [4.78, 5) is 0. The lowest BCUT2D eigenvalue weighted by atomic mass is 10.0. The molecular weight excluding hydrogens is 208 g/mol. The minimum atomic E-state index is 0.829.